The molecule has 2 N–H and O–H groups in total. The molecule has 1 aliphatic rings. The van der Waals surface area contributed by atoms with Crippen LogP contribution in [-0.2, 0) is 9.31 Å². The molecule has 1 aromatic heterocycles. The second kappa shape index (κ2) is 6.29. The smallest absolute Gasteiger partial charge is 0.492 e. The molecule has 2 aromatic rings. The monoisotopic (exact) mass is 361 g/mol. The van der Waals surface area contributed by atoms with E-state index >= 15 is 0 Å². The molecular weight excluding hydrogens is 340 g/mol. The number of rotatable bonds is 3. The molecule has 5 nitrogen and oxygen atoms in total. The summed E-state index contributed by atoms with van der Waals surface area (Å²) in [5, 5.41) is 21.5. The van der Waals surface area contributed by atoms with Crippen molar-refractivity contribution < 1.29 is 19.5 Å². The van der Waals surface area contributed by atoms with E-state index in [1.54, 1.807) is 30.5 Å². The zero-order valence-corrected chi connectivity index (χ0v) is 15.5. The lowest BCUT2D eigenvalue weighted by Crippen LogP contribution is -2.41. The molecule has 0 bridgehead atoms. The van der Waals surface area contributed by atoms with Crippen LogP contribution in [0.5, 0.6) is 5.75 Å². The maximum absolute atomic E-state index is 10.5. The molecule has 0 aliphatic carbocycles. The highest BCUT2D eigenvalue weighted by atomic mass is 35.5. The lowest BCUT2D eigenvalue weighted by molar-refractivity contribution is 0.00578. The van der Waals surface area contributed by atoms with Gasteiger partial charge in [0.25, 0.3) is 0 Å². The third kappa shape index (κ3) is 3.15. The summed E-state index contributed by atoms with van der Waals surface area (Å²) in [4.78, 5) is 4.19. The van der Waals surface area contributed by atoms with Crippen LogP contribution in [0.1, 0.15) is 33.3 Å². The number of hydrogen-bond donors (Lipinski definition) is 2. The van der Waals surface area contributed by atoms with Gasteiger partial charge in [0.2, 0.25) is 0 Å². The van der Waals surface area contributed by atoms with Crippen molar-refractivity contribution in [3.63, 3.8) is 0 Å². The molecule has 1 fully saturated rings. The molecule has 132 valence electrons. The van der Waals surface area contributed by atoms with Crippen molar-refractivity contribution in [3.05, 3.63) is 40.5 Å². The fraction of sp³-hybridized carbons (Fsp3) is 0.389. The van der Waals surface area contributed by atoms with Crippen LogP contribution in [-0.4, -0.2) is 40.1 Å². The van der Waals surface area contributed by atoms with Gasteiger partial charge in [-0.2, -0.15) is 0 Å². The summed E-state index contributed by atoms with van der Waals surface area (Å²) in [5.74, 6) is 0.00228. The number of nitrogens with zero attached hydrogens (tertiary/aromatic N) is 1. The molecule has 0 atom stereocenters. The van der Waals surface area contributed by atoms with Gasteiger partial charge in [-0.1, -0.05) is 17.7 Å². The van der Waals surface area contributed by atoms with Gasteiger partial charge in [0, 0.05) is 17.1 Å². The number of pyridine rings is 1. The van der Waals surface area contributed by atoms with Gasteiger partial charge in [-0.25, -0.2) is 0 Å². The molecule has 0 spiro atoms. The number of halogens is 1. The van der Waals surface area contributed by atoms with E-state index in [-0.39, 0.29) is 12.4 Å². The maximum Gasteiger partial charge on any atom is 0.492 e. The number of benzene rings is 1. The Hall–Kier alpha value is -1.60. The van der Waals surface area contributed by atoms with Crippen molar-refractivity contribution in [1.82, 2.24) is 4.98 Å². The molecule has 3 rings (SSSR count). The number of aliphatic hydroxyl groups is 1. The van der Waals surface area contributed by atoms with E-state index in [9.17, 15) is 10.2 Å². The molecular formula is C18H21BClNO4. The number of fused-ring (bicyclic) bond motifs is 1. The van der Waals surface area contributed by atoms with Gasteiger partial charge in [-0.05, 0) is 51.4 Å². The minimum Gasteiger partial charge on any atom is -0.505 e. The van der Waals surface area contributed by atoms with Gasteiger partial charge in [0.1, 0.15) is 11.3 Å². The van der Waals surface area contributed by atoms with Crippen LogP contribution in [0.3, 0.4) is 0 Å². The number of aromatic hydroxyl groups is 1. The quantitative estimate of drug-likeness (QED) is 0.817. The predicted molar refractivity (Wildman–Crippen MR) is 99.6 cm³/mol. The summed E-state index contributed by atoms with van der Waals surface area (Å²) in [5.41, 5.74) is 0.329. The zero-order valence-electron chi connectivity index (χ0n) is 14.7. The number of aromatic nitrogens is 1. The predicted octanol–water partition coefficient (Wildman–Crippen LogP) is 3.60. The first kappa shape index (κ1) is 18.2. The van der Waals surface area contributed by atoms with Crippen molar-refractivity contribution in [2.45, 2.75) is 38.9 Å². The molecule has 1 aliphatic heterocycles. The number of hydrogen-bond acceptors (Lipinski definition) is 5. The summed E-state index contributed by atoms with van der Waals surface area (Å²) < 4.78 is 11.9. The maximum atomic E-state index is 10.5. The number of phenols is 1. The number of aliphatic hydroxyl groups excluding tert-OH is 1. The molecule has 0 radical (unpaired) electrons. The first-order valence-electron chi connectivity index (χ1n) is 8.09. The van der Waals surface area contributed by atoms with E-state index in [1.807, 2.05) is 27.7 Å². The van der Waals surface area contributed by atoms with Gasteiger partial charge in [0.05, 0.1) is 22.8 Å². The molecule has 0 saturated carbocycles. The van der Waals surface area contributed by atoms with Gasteiger partial charge in [-0.15, -0.1) is 0 Å². The first-order valence-corrected chi connectivity index (χ1v) is 8.47. The summed E-state index contributed by atoms with van der Waals surface area (Å²) in [6, 6.07) is 5.19. The van der Waals surface area contributed by atoms with Crippen LogP contribution in [0.25, 0.3) is 17.0 Å². The minimum absolute atomic E-state index is 0.00228. The van der Waals surface area contributed by atoms with Crippen molar-refractivity contribution in [2.75, 3.05) is 6.61 Å². The third-order valence-corrected chi connectivity index (χ3v) is 5.24. The minimum atomic E-state index is -0.701. The molecule has 0 unspecified atom stereocenters. The Balaban J connectivity index is 2.04. The van der Waals surface area contributed by atoms with E-state index in [0.29, 0.717) is 27.0 Å². The Labute approximate surface area is 152 Å². The average molecular weight is 362 g/mol. The molecule has 7 heteroatoms. The molecule has 1 aromatic carbocycles. The molecule has 1 saturated heterocycles. The largest absolute Gasteiger partial charge is 0.505 e. The summed E-state index contributed by atoms with van der Waals surface area (Å²) in [7, 11) is -0.701. The summed E-state index contributed by atoms with van der Waals surface area (Å²) in [6.45, 7) is 7.49. The fourth-order valence-corrected chi connectivity index (χ4v) is 2.97. The normalized spacial score (nSPS) is 19.6. The Morgan fingerprint density at radius 1 is 1.28 bits per heavy atom. The topological polar surface area (TPSA) is 71.8 Å². The van der Waals surface area contributed by atoms with Crippen LogP contribution in [0.4, 0.5) is 0 Å². The van der Waals surface area contributed by atoms with Crippen LogP contribution in [0, 0.1) is 0 Å². The second-order valence-corrected chi connectivity index (χ2v) is 7.57. The van der Waals surface area contributed by atoms with Crippen molar-refractivity contribution in [2.24, 2.45) is 0 Å². The van der Waals surface area contributed by atoms with E-state index in [2.05, 4.69) is 4.98 Å². The van der Waals surface area contributed by atoms with Crippen LogP contribution in [0.2, 0.25) is 5.02 Å². The fourth-order valence-electron chi connectivity index (χ4n) is 2.70. The highest BCUT2D eigenvalue weighted by molar-refractivity contribution is 6.55. The Morgan fingerprint density at radius 3 is 2.52 bits per heavy atom. The van der Waals surface area contributed by atoms with E-state index in [4.69, 9.17) is 20.9 Å². The SMILES string of the molecule is CC1(C)OB(C(=Cc2cc(Cl)c3cccnc3c2O)CO)OC1(C)C. The number of phenolic OH excluding ortho intramolecular Hbond substituents is 1. The Morgan fingerprint density at radius 2 is 1.92 bits per heavy atom. The van der Waals surface area contributed by atoms with Crippen LogP contribution >= 0.6 is 11.6 Å². The summed E-state index contributed by atoms with van der Waals surface area (Å²) >= 11 is 6.31. The van der Waals surface area contributed by atoms with Gasteiger partial charge in [0.15, 0.2) is 0 Å². The molecule has 0 amide bonds. The van der Waals surface area contributed by atoms with Crippen molar-refractivity contribution in [1.29, 1.82) is 0 Å². The Kier molecular flexibility index (Phi) is 4.58. The first-order chi connectivity index (χ1) is 11.7. The lowest BCUT2D eigenvalue weighted by atomic mass is 9.77. The molecule has 25 heavy (non-hydrogen) atoms. The van der Waals surface area contributed by atoms with E-state index in [0.717, 1.165) is 0 Å². The highest BCUT2D eigenvalue weighted by Gasteiger charge is 2.52. The van der Waals surface area contributed by atoms with Crippen molar-refractivity contribution in [3.8, 4) is 5.75 Å². The highest BCUT2D eigenvalue weighted by Crippen LogP contribution is 2.40. The van der Waals surface area contributed by atoms with Gasteiger partial charge >= 0.3 is 7.12 Å². The second-order valence-electron chi connectivity index (χ2n) is 7.16. The third-order valence-electron chi connectivity index (χ3n) is 4.92. The zero-order chi connectivity index (χ0) is 18.4. The Bertz CT molecular complexity index is 834. The van der Waals surface area contributed by atoms with Gasteiger partial charge in [-0.3, -0.25) is 4.98 Å². The van der Waals surface area contributed by atoms with E-state index in [1.165, 1.54) is 0 Å². The van der Waals surface area contributed by atoms with Crippen LogP contribution in [0.15, 0.2) is 29.9 Å². The average Bonchev–Trinajstić information content (AvgIpc) is 2.77. The summed E-state index contributed by atoms with van der Waals surface area (Å²) in [6.07, 6.45) is 3.23. The standard InChI is InChI=1S/C18H21BClNO4/c1-17(2)18(3,4)25-19(24-17)12(10-22)8-11-9-14(20)13-6-5-7-21-15(13)16(11)23/h5-9,22-23H,10H2,1-4H3. The lowest BCUT2D eigenvalue weighted by Gasteiger charge is -2.32. The molecule has 2 heterocycles. The van der Waals surface area contributed by atoms with E-state index < -0.39 is 18.3 Å². The van der Waals surface area contributed by atoms with Crippen LogP contribution < -0.4 is 0 Å². The van der Waals surface area contributed by atoms with Crippen molar-refractivity contribution >= 4 is 35.7 Å². The van der Waals surface area contributed by atoms with Gasteiger partial charge < -0.3 is 19.5 Å².